The molecule has 0 saturated carbocycles. The molecule has 1 unspecified atom stereocenters. The van der Waals surface area contributed by atoms with Crippen LogP contribution in [0.25, 0.3) is 0 Å². The molecule has 1 aliphatic heterocycles. The zero-order valence-corrected chi connectivity index (χ0v) is 20.3. The molecular formula is C13H32O3Si3Zn. The van der Waals surface area contributed by atoms with Crippen molar-refractivity contribution in [1.29, 1.82) is 0 Å². The minimum atomic E-state index is -0.250. The summed E-state index contributed by atoms with van der Waals surface area (Å²) in [6.07, 6.45) is 11.9. The second-order valence-corrected chi connectivity index (χ2v) is 21.3. The fourth-order valence-corrected chi connectivity index (χ4v) is 20.9. The SMILES string of the molecule is CCCCCCCCCC[SiH]1CCO[SiH2][SiH2]1.O=CO.[Zn]. The van der Waals surface area contributed by atoms with Crippen LogP contribution in [-0.4, -0.2) is 44.3 Å². The molecule has 1 aliphatic rings. The van der Waals surface area contributed by atoms with Gasteiger partial charge in [-0.1, -0.05) is 64.3 Å². The van der Waals surface area contributed by atoms with E-state index in [1.807, 2.05) is 0 Å². The molecule has 1 rings (SSSR count). The van der Waals surface area contributed by atoms with Gasteiger partial charge in [-0.15, -0.1) is 0 Å². The molecule has 116 valence electrons. The third-order valence-corrected chi connectivity index (χ3v) is 23.7. The average Bonchev–Trinajstić information content (AvgIpc) is 2.44. The summed E-state index contributed by atoms with van der Waals surface area (Å²) in [6.45, 7) is 3.22. The molecule has 0 amide bonds. The maximum absolute atomic E-state index is 8.36. The van der Waals surface area contributed by atoms with E-state index in [1.54, 1.807) is 18.5 Å². The summed E-state index contributed by atoms with van der Waals surface area (Å²) < 4.78 is 5.62. The summed E-state index contributed by atoms with van der Waals surface area (Å²) in [5.74, 6) is 0. The molecule has 0 aromatic heterocycles. The third kappa shape index (κ3) is 16.8. The van der Waals surface area contributed by atoms with Crippen molar-refractivity contribution in [2.24, 2.45) is 0 Å². The van der Waals surface area contributed by atoms with Crippen LogP contribution in [0.5, 0.6) is 0 Å². The summed E-state index contributed by atoms with van der Waals surface area (Å²) in [7, 11) is 0.415. The van der Waals surface area contributed by atoms with Crippen molar-refractivity contribution < 1.29 is 33.8 Å². The van der Waals surface area contributed by atoms with Crippen molar-refractivity contribution in [3.63, 3.8) is 0 Å². The van der Waals surface area contributed by atoms with E-state index in [0.717, 1.165) is 0 Å². The van der Waals surface area contributed by atoms with Gasteiger partial charge in [0.25, 0.3) is 6.47 Å². The van der Waals surface area contributed by atoms with Crippen LogP contribution in [0.15, 0.2) is 0 Å². The van der Waals surface area contributed by atoms with Crippen molar-refractivity contribution in [3.8, 4) is 0 Å². The second-order valence-electron chi connectivity index (χ2n) is 5.42. The molecule has 1 N–H and O–H groups in total. The molecule has 0 aliphatic carbocycles. The Morgan fingerprint density at radius 1 is 1.15 bits per heavy atom. The van der Waals surface area contributed by atoms with Crippen LogP contribution in [0, 0.1) is 0 Å². The minimum absolute atomic E-state index is 0. The number of hydrogen-bond acceptors (Lipinski definition) is 2. The normalized spacial score (nSPS) is 19.9. The standard InChI is InChI=1S/C12H30OSi3.CH2O2.Zn/c1-2-3-4-5-6-7-8-9-11-16-12-10-13-14-15-16;2-1-3;/h16H,2-12,14-15H2,1H3;1H,(H,2,3);. The molecule has 0 radical (unpaired) electrons. The van der Waals surface area contributed by atoms with Gasteiger partial charge in [-0.2, -0.15) is 0 Å². The van der Waals surface area contributed by atoms with E-state index >= 15 is 0 Å². The first-order chi connectivity index (χ1) is 9.35. The van der Waals surface area contributed by atoms with Gasteiger partial charge in [0.15, 0.2) is 0 Å². The number of hydrogen-bond donors (Lipinski definition) is 1. The van der Waals surface area contributed by atoms with Crippen LogP contribution in [-0.2, 0) is 28.7 Å². The molecular weight excluding hydrogens is 354 g/mol. The van der Waals surface area contributed by atoms with Gasteiger partial charge >= 0.3 is 0 Å². The Morgan fingerprint density at radius 2 is 1.70 bits per heavy atom. The van der Waals surface area contributed by atoms with Crippen LogP contribution in [0.4, 0.5) is 0 Å². The fraction of sp³-hybridized carbons (Fsp3) is 0.923. The molecule has 1 saturated heterocycles. The van der Waals surface area contributed by atoms with Crippen molar-refractivity contribution in [2.75, 3.05) is 6.61 Å². The zero-order chi connectivity index (χ0) is 14.2. The molecule has 0 aromatic rings. The van der Waals surface area contributed by atoms with E-state index in [2.05, 4.69) is 6.92 Å². The van der Waals surface area contributed by atoms with Crippen molar-refractivity contribution in [3.05, 3.63) is 0 Å². The Labute approximate surface area is 143 Å². The molecule has 3 nitrogen and oxygen atoms in total. The number of carbonyl (C=O) groups is 1. The largest absolute Gasteiger partial charge is 0.483 e. The van der Waals surface area contributed by atoms with Gasteiger partial charge in [0.05, 0.1) is 0 Å². The monoisotopic (exact) mass is 384 g/mol. The van der Waals surface area contributed by atoms with E-state index in [1.165, 1.54) is 51.6 Å². The van der Waals surface area contributed by atoms with Crippen molar-refractivity contribution in [1.82, 2.24) is 0 Å². The van der Waals surface area contributed by atoms with E-state index < -0.39 is 0 Å². The molecule has 0 spiro atoms. The predicted molar refractivity (Wildman–Crippen MR) is 91.1 cm³/mol. The van der Waals surface area contributed by atoms with E-state index in [0.29, 0.717) is 8.55 Å². The predicted octanol–water partition coefficient (Wildman–Crippen LogP) is 1.75. The topological polar surface area (TPSA) is 46.5 Å². The van der Waals surface area contributed by atoms with Gasteiger partial charge < -0.3 is 9.53 Å². The number of carboxylic acid groups (broad SMARTS) is 1. The third-order valence-electron chi connectivity index (χ3n) is 3.81. The van der Waals surface area contributed by atoms with Crippen LogP contribution < -0.4 is 0 Å². The molecule has 1 heterocycles. The first kappa shape index (κ1) is 23.0. The summed E-state index contributed by atoms with van der Waals surface area (Å²) >= 11 is 0. The maximum Gasteiger partial charge on any atom is 0.290 e. The summed E-state index contributed by atoms with van der Waals surface area (Å²) in [5.41, 5.74) is 0. The zero-order valence-electron chi connectivity index (χ0n) is 13.3. The van der Waals surface area contributed by atoms with Crippen LogP contribution in [0.2, 0.25) is 12.1 Å². The smallest absolute Gasteiger partial charge is 0.290 e. The van der Waals surface area contributed by atoms with E-state index in [-0.39, 0.29) is 43.5 Å². The van der Waals surface area contributed by atoms with Gasteiger partial charge in [0, 0.05) is 43.0 Å². The second kappa shape index (κ2) is 19.7. The molecule has 1 fully saturated rings. The Kier molecular flexibility index (Phi) is 22.6. The summed E-state index contributed by atoms with van der Waals surface area (Å²) in [4.78, 5) is 8.36. The molecule has 20 heavy (non-hydrogen) atoms. The van der Waals surface area contributed by atoms with Crippen LogP contribution in [0.1, 0.15) is 58.3 Å². The van der Waals surface area contributed by atoms with Gasteiger partial charge in [0.2, 0.25) is 0 Å². The van der Waals surface area contributed by atoms with Crippen molar-refractivity contribution >= 4 is 32.6 Å². The Balaban J connectivity index is 0. The van der Waals surface area contributed by atoms with E-state index in [9.17, 15) is 0 Å². The molecule has 1 atom stereocenters. The van der Waals surface area contributed by atoms with Gasteiger partial charge in [-0.25, -0.2) is 0 Å². The van der Waals surface area contributed by atoms with Gasteiger partial charge in [-0.05, 0) is 6.04 Å². The van der Waals surface area contributed by atoms with E-state index in [4.69, 9.17) is 14.3 Å². The van der Waals surface area contributed by atoms with Crippen LogP contribution >= 0.6 is 0 Å². The molecule has 0 aromatic carbocycles. The summed E-state index contributed by atoms with van der Waals surface area (Å²) in [6, 6.07) is 3.24. The number of unbranched alkanes of at least 4 members (excludes halogenated alkanes) is 7. The fourth-order valence-electron chi connectivity index (χ4n) is 2.60. The van der Waals surface area contributed by atoms with Gasteiger partial charge in [-0.3, -0.25) is 4.79 Å². The Hall–Kier alpha value is 0.704. The van der Waals surface area contributed by atoms with Crippen LogP contribution in [0.3, 0.4) is 0 Å². The Morgan fingerprint density at radius 3 is 2.20 bits per heavy atom. The Bertz CT molecular complexity index is 194. The average molecular weight is 386 g/mol. The summed E-state index contributed by atoms with van der Waals surface area (Å²) in [5, 5.41) is 6.89. The van der Waals surface area contributed by atoms with Crippen molar-refractivity contribution in [2.45, 2.75) is 70.4 Å². The molecule has 0 bridgehead atoms. The molecule has 7 heteroatoms. The number of rotatable bonds is 9. The first-order valence-electron chi connectivity index (χ1n) is 8.00. The minimum Gasteiger partial charge on any atom is -0.483 e. The van der Waals surface area contributed by atoms with Gasteiger partial charge in [0.1, 0.15) is 9.28 Å². The first-order valence-corrected chi connectivity index (χ1v) is 17.5. The quantitative estimate of drug-likeness (QED) is 0.373. The maximum atomic E-state index is 8.36.